The van der Waals surface area contributed by atoms with E-state index in [4.69, 9.17) is 16.3 Å². The van der Waals surface area contributed by atoms with Crippen molar-refractivity contribution in [2.45, 2.75) is 58.6 Å². The summed E-state index contributed by atoms with van der Waals surface area (Å²) in [6, 6.07) is 4.76. The number of Topliss-reactive ketones (excluding diaryl/α,β-unsaturated/α-hetero) is 1. The molecule has 2 amide bonds. The predicted octanol–water partition coefficient (Wildman–Crippen LogP) is 3.93. The second-order valence-corrected chi connectivity index (χ2v) is 7.36. The number of imide groups is 1. The van der Waals surface area contributed by atoms with Crippen LogP contribution in [0.5, 0.6) is 0 Å². The molecule has 1 aromatic carbocycles. The highest BCUT2D eigenvalue weighted by molar-refractivity contribution is 6.31. The van der Waals surface area contributed by atoms with Crippen molar-refractivity contribution in [3.8, 4) is 0 Å². The fourth-order valence-electron chi connectivity index (χ4n) is 2.32. The van der Waals surface area contributed by atoms with E-state index in [-0.39, 0.29) is 25.0 Å². The molecule has 0 saturated carbocycles. The van der Waals surface area contributed by atoms with Crippen LogP contribution in [0.4, 0.5) is 4.79 Å². The number of carbonyl (C=O) groups is 4. The fourth-order valence-corrected chi connectivity index (χ4v) is 2.51. The maximum Gasteiger partial charge on any atom is 0.417 e. The Balaban J connectivity index is 3.00. The summed E-state index contributed by atoms with van der Waals surface area (Å²) in [5, 5.41) is 9.91. The average Bonchev–Trinajstić information content (AvgIpc) is 2.55. The van der Waals surface area contributed by atoms with Gasteiger partial charge in [0.1, 0.15) is 11.6 Å². The first kappa shape index (κ1) is 22.6. The molecule has 1 aromatic rings. The number of rotatable bonds is 7. The number of carboxylic acids is 1. The van der Waals surface area contributed by atoms with E-state index in [0.29, 0.717) is 15.5 Å². The van der Waals surface area contributed by atoms with Crippen LogP contribution in [0.3, 0.4) is 0 Å². The highest BCUT2D eigenvalue weighted by Crippen LogP contribution is 2.19. The van der Waals surface area contributed by atoms with E-state index in [1.54, 1.807) is 39.0 Å². The topological polar surface area (TPSA) is 101 Å². The number of ether oxygens (including phenoxy) is 1. The fraction of sp³-hybridized carbons (Fsp3) is 0.474. The van der Waals surface area contributed by atoms with Crippen LogP contribution in [-0.4, -0.2) is 45.4 Å². The summed E-state index contributed by atoms with van der Waals surface area (Å²) in [6.45, 7) is 6.34. The van der Waals surface area contributed by atoms with Crippen LogP contribution in [0.25, 0.3) is 0 Å². The highest BCUT2D eigenvalue weighted by atomic mass is 35.5. The first-order valence-corrected chi connectivity index (χ1v) is 8.90. The minimum Gasteiger partial charge on any atom is -0.480 e. The quantitative estimate of drug-likeness (QED) is 0.699. The molecule has 0 radical (unpaired) electrons. The molecular weight excluding hydrogens is 374 g/mol. The van der Waals surface area contributed by atoms with E-state index in [0.717, 1.165) is 0 Å². The van der Waals surface area contributed by atoms with Gasteiger partial charge >= 0.3 is 12.1 Å². The van der Waals surface area contributed by atoms with Gasteiger partial charge in [-0.1, -0.05) is 30.7 Å². The third-order valence-electron chi connectivity index (χ3n) is 3.55. The molecule has 1 unspecified atom stereocenters. The van der Waals surface area contributed by atoms with Crippen molar-refractivity contribution in [3.05, 3.63) is 34.9 Å². The Morgan fingerprint density at radius 2 is 1.85 bits per heavy atom. The molecule has 1 atom stereocenters. The minimum absolute atomic E-state index is 0.0781. The smallest absolute Gasteiger partial charge is 0.417 e. The van der Waals surface area contributed by atoms with Gasteiger partial charge in [0, 0.05) is 23.4 Å². The molecule has 0 spiro atoms. The van der Waals surface area contributed by atoms with Gasteiger partial charge < -0.3 is 9.84 Å². The Hall–Kier alpha value is -2.41. The summed E-state index contributed by atoms with van der Waals surface area (Å²) in [7, 11) is 0. The number of benzene rings is 1. The first-order valence-electron chi connectivity index (χ1n) is 8.53. The molecule has 0 aliphatic carbocycles. The minimum atomic E-state index is -1.50. The largest absolute Gasteiger partial charge is 0.480 e. The van der Waals surface area contributed by atoms with Gasteiger partial charge in [-0.05, 0) is 39.3 Å². The summed E-state index contributed by atoms with van der Waals surface area (Å²) >= 11 is 5.86. The van der Waals surface area contributed by atoms with Gasteiger partial charge in [-0.3, -0.25) is 9.59 Å². The molecule has 0 aliphatic rings. The number of aliphatic carboxylic acids is 1. The Labute approximate surface area is 163 Å². The molecular formula is C19H24ClNO6. The lowest BCUT2D eigenvalue weighted by molar-refractivity contribution is -0.149. The van der Waals surface area contributed by atoms with Crippen molar-refractivity contribution in [2.24, 2.45) is 0 Å². The van der Waals surface area contributed by atoms with Crippen LogP contribution in [0.15, 0.2) is 24.3 Å². The van der Waals surface area contributed by atoms with E-state index >= 15 is 0 Å². The molecule has 1 N–H and O–H groups in total. The van der Waals surface area contributed by atoms with Gasteiger partial charge in [0.25, 0.3) is 0 Å². The summed E-state index contributed by atoms with van der Waals surface area (Å²) in [5.41, 5.74) is -0.569. The summed E-state index contributed by atoms with van der Waals surface area (Å²) in [6.07, 6.45) is -1.53. The van der Waals surface area contributed by atoms with E-state index in [1.165, 1.54) is 13.0 Å². The monoisotopic (exact) mass is 397 g/mol. The van der Waals surface area contributed by atoms with Crippen molar-refractivity contribution in [3.63, 3.8) is 0 Å². The number of carbonyl (C=O) groups excluding carboxylic acids is 3. The zero-order valence-corrected chi connectivity index (χ0v) is 16.6. The number of carboxylic acid groups (broad SMARTS) is 1. The van der Waals surface area contributed by atoms with Crippen LogP contribution in [0.1, 0.15) is 57.3 Å². The highest BCUT2D eigenvalue weighted by Gasteiger charge is 2.37. The third kappa shape index (κ3) is 7.02. The van der Waals surface area contributed by atoms with Gasteiger partial charge in [-0.2, -0.15) is 0 Å². The van der Waals surface area contributed by atoms with Crippen LogP contribution in [-0.2, 0) is 14.3 Å². The third-order valence-corrected chi connectivity index (χ3v) is 3.78. The molecule has 1 rings (SSSR count). The maximum absolute atomic E-state index is 12.4. The molecule has 0 bridgehead atoms. The Morgan fingerprint density at radius 1 is 1.22 bits per heavy atom. The number of halogens is 1. The van der Waals surface area contributed by atoms with Gasteiger partial charge in [0.2, 0.25) is 5.91 Å². The van der Waals surface area contributed by atoms with Gasteiger partial charge in [-0.25, -0.2) is 14.5 Å². The second kappa shape index (κ2) is 9.50. The Kier molecular flexibility index (Phi) is 7.97. The number of ketones is 1. The van der Waals surface area contributed by atoms with Crippen molar-refractivity contribution < 1.29 is 29.0 Å². The van der Waals surface area contributed by atoms with Gasteiger partial charge in [0.15, 0.2) is 5.78 Å². The molecule has 8 heteroatoms. The predicted molar refractivity (Wildman–Crippen MR) is 99.8 cm³/mol. The van der Waals surface area contributed by atoms with Crippen LogP contribution in [0.2, 0.25) is 5.02 Å². The van der Waals surface area contributed by atoms with E-state index < -0.39 is 29.6 Å². The number of amides is 2. The average molecular weight is 398 g/mol. The summed E-state index contributed by atoms with van der Waals surface area (Å²) in [5.74, 6) is -2.41. The lowest BCUT2D eigenvalue weighted by Gasteiger charge is -2.29. The molecule has 27 heavy (non-hydrogen) atoms. The van der Waals surface area contributed by atoms with Crippen molar-refractivity contribution in [1.82, 2.24) is 4.90 Å². The lowest BCUT2D eigenvalue weighted by Crippen LogP contribution is -2.50. The summed E-state index contributed by atoms with van der Waals surface area (Å²) < 4.78 is 5.16. The zero-order valence-electron chi connectivity index (χ0n) is 15.8. The molecule has 0 aromatic heterocycles. The number of hydrogen-bond acceptors (Lipinski definition) is 5. The Morgan fingerprint density at radius 3 is 2.33 bits per heavy atom. The van der Waals surface area contributed by atoms with E-state index in [2.05, 4.69) is 0 Å². The normalized spacial score (nSPS) is 12.2. The van der Waals surface area contributed by atoms with Gasteiger partial charge in [0.05, 0.1) is 0 Å². The summed E-state index contributed by atoms with van der Waals surface area (Å²) in [4.78, 5) is 49.2. The molecule has 0 saturated heterocycles. The van der Waals surface area contributed by atoms with Gasteiger partial charge in [-0.15, -0.1) is 0 Å². The van der Waals surface area contributed by atoms with Crippen LogP contribution in [0, 0.1) is 0 Å². The first-order chi connectivity index (χ1) is 12.5. The number of hydrogen-bond donors (Lipinski definition) is 1. The molecule has 0 fully saturated rings. The van der Waals surface area contributed by atoms with Crippen LogP contribution >= 0.6 is 11.6 Å². The van der Waals surface area contributed by atoms with E-state index in [9.17, 15) is 24.3 Å². The zero-order chi connectivity index (χ0) is 20.8. The second-order valence-electron chi connectivity index (χ2n) is 6.92. The molecule has 7 nitrogen and oxygen atoms in total. The standard InChI is InChI=1S/C19H24ClNO6/c1-5-16(23)21(18(26)27-19(2,3)4)14(17(24)25)9-10-15(22)12-7-6-8-13(20)11-12/h6-8,11,14H,5,9-10H2,1-4H3,(H,24,25). The van der Waals surface area contributed by atoms with Crippen molar-refractivity contribution in [2.75, 3.05) is 0 Å². The number of nitrogens with zero attached hydrogens (tertiary/aromatic N) is 1. The maximum atomic E-state index is 12.4. The molecule has 148 valence electrons. The Bertz CT molecular complexity index is 725. The molecule has 0 aliphatic heterocycles. The molecule has 0 heterocycles. The van der Waals surface area contributed by atoms with E-state index in [1.807, 2.05) is 0 Å². The SMILES string of the molecule is CCC(=O)N(C(=O)OC(C)(C)C)C(CCC(=O)c1cccc(Cl)c1)C(=O)O. The van der Waals surface area contributed by atoms with Crippen LogP contribution < -0.4 is 0 Å². The van der Waals surface area contributed by atoms with Crippen molar-refractivity contribution >= 4 is 35.4 Å². The van der Waals surface area contributed by atoms with Crippen molar-refractivity contribution in [1.29, 1.82) is 0 Å². The lowest BCUT2D eigenvalue weighted by atomic mass is 10.0.